The van der Waals surface area contributed by atoms with Crippen LogP contribution in [0.1, 0.15) is 16.7 Å². The first-order valence-electron chi connectivity index (χ1n) is 9.91. The van der Waals surface area contributed by atoms with E-state index in [2.05, 4.69) is 44.8 Å². The number of morpholine rings is 1. The highest BCUT2D eigenvalue weighted by Crippen LogP contribution is 2.19. The van der Waals surface area contributed by atoms with E-state index >= 15 is 0 Å². The number of halogens is 2. The van der Waals surface area contributed by atoms with Crippen molar-refractivity contribution in [2.24, 2.45) is 4.99 Å². The predicted octanol–water partition coefficient (Wildman–Crippen LogP) is 3.22. The van der Waals surface area contributed by atoms with Gasteiger partial charge in [0.1, 0.15) is 5.82 Å². The number of nitrogens with zero attached hydrogens (tertiary/aromatic N) is 2. The van der Waals surface area contributed by atoms with E-state index in [-0.39, 0.29) is 5.82 Å². The molecule has 0 radical (unpaired) electrons. The van der Waals surface area contributed by atoms with E-state index in [0.717, 1.165) is 32.8 Å². The molecule has 7 heteroatoms. The lowest BCUT2D eigenvalue weighted by Gasteiger charge is -2.27. The third kappa shape index (κ3) is 6.42. The smallest absolute Gasteiger partial charge is 0.191 e. The van der Waals surface area contributed by atoms with E-state index < -0.39 is 0 Å². The minimum atomic E-state index is -0.278. The Hall–Kier alpha value is -2.15. The number of guanidine groups is 1. The van der Waals surface area contributed by atoms with Crippen molar-refractivity contribution in [1.82, 2.24) is 15.5 Å². The van der Waals surface area contributed by atoms with Crippen LogP contribution in [0.4, 0.5) is 4.39 Å². The Morgan fingerprint density at radius 2 is 1.86 bits per heavy atom. The molecular weight excluding hydrogens is 391 g/mol. The van der Waals surface area contributed by atoms with Crippen molar-refractivity contribution in [3.8, 4) is 0 Å². The maximum atomic E-state index is 13.9. The highest BCUT2D eigenvalue weighted by atomic mass is 35.5. The summed E-state index contributed by atoms with van der Waals surface area (Å²) in [4.78, 5) is 6.68. The Morgan fingerprint density at radius 3 is 2.59 bits per heavy atom. The van der Waals surface area contributed by atoms with E-state index in [0.29, 0.717) is 36.1 Å². The van der Waals surface area contributed by atoms with E-state index in [9.17, 15) is 4.39 Å². The number of nitrogens with one attached hydrogen (secondary N) is 2. The summed E-state index contributed by atoms with van der Waals surface area (Å²) >= 11 is 6.09. The molecule has 0 unspecified atom stereocenters. The van der Waals surface area contributed by atoms with Crippen molar-refractivity contribution >= 4 is 17.6 Å². The zero-order valence-corrected chi connectivity index (χ0v) is 17.5. The molecule has 0 aromatic heterocycles. The maximum Gasteiger partial charge on any atom is 0.191 e. The van der Waals surface area contributed by atoms with Gasteiger partial charge in [0.05, 0.1) is 13.2 Å². The van der Waals surface area contributed by atoms with Gasteiger partial charge in [-0.05, 0) is 29.7 Å². The van der Waals surface area contributed by atoms with Crippen molar-refractivity contribution < 1.29 is 9.13 Å². The first kappa shape index (κ1) is 21.6. The molecule has 1 saturated heterocycles. The molecule has 5 nitrogen and oxygen atoms in total. The van der Waals surface area contributed by atoms with E-state index in [1.165, 1.54) is 17.2 Å². The monoisotopic (exact) mass is 418 g/mol. The fourth-order valence-electron chi connectivity index (χ4n) is 3.36. The SMILES string of the molecule is CN=C(NCCc1c(F)cccc1Cl)NCc1ccccc1CN1CCOCC1. The molecule has 2 aromatic carbocycles. The third-order valence-corrected chi connectivity index (χ3v) is 5.37. The van der Waals surface area contributed by atoms with Crippen molar-refractivity contribution in [3.05, 3.63) is 70.0 Å². The summed E-state index contributed by atoms with van der Waals surface area (Å²) in [5, 5.41) is 7.03. The second kappa shape index (κ2) is 11.1. The molecule has 0 atom stereocenters. The molecule has 1 aliphatic heterocycles. The van der Waals surface area contributed by atoms with Gasteiger partial charge < -0.3 is 15.4 Å². The maximum absolute atomic E-state index is 13.9. The number of rotatable bonds is 7. The van der Waals surface area contributed by atoms with Crippen LogP contribution in [-0.2, 0) is 24.2 Å². The molecule has 0 saturated carbocycles. The van der Waals surface area contributed by atoms with Crippen molar-refractivity contribution in [2.45, 2.75) is 19.5 Å². The van der Waals surface area contributed by atoms with Crippen LogP contribution in [0.5, 0.6) is 0 Å². The molecule has 29 heavy (non-hydrogen) atoms. The molecule has 0 amide bonds. The Bertz CT molecular complexity index is 804. The highest BCUT2D eigenvalue weighted by molar-refractivity contribution is 6.31. The summed E-state index contributed by atoms with van der Waals surface area (Å²) in [7, 11) is 1.73. The molecule has 2 aromatic rings. The first-order valence-corrected chi connectivity index (χ1v) is 10.3. The van der Waals surface area contributed by atoms with Gasteiger partial charge in [-0.1, -0.05) is 41.9 Å². The second-order valence-corrected chi connectivity index (χ2v) is 7.37. The van der Waals surface area contributed by atoms with Crippen LogP contribution in [0.25, 0.3) is 0 Å². The van der Waals surface area contributed by atoms with Crippen LogP contribution in [0.15, 0.2) is 47.5 Å². The van der Waals surface area contributed by atoms with Crippen LogP contribution in [0.3, 0.4) is 0 Å². The number of benzene rings is 2. The Labute approximate surface area is 176 Å². The molecule has 156 valence electrons. The Morgan fingerprint density at radius 1 is 1.10 bits per heavy atom. The summed E-state index contributed by atoms with van der Waals surface area (Å²) < 4.78 is 19.3. The predicted molar refractivity (Wildman–Crippen MR) is 116 cm³/mol. The van der Waals surface area contributed by atoms with E-state index in [1.54, 1.807) is 19.2 Å². The van der Waals surface area contributed by atoms with Gasteiger partial charge in [0.15, 0.2) is 5.96 Å². The summed E-state index contributed by atoms with van der Waals surface area (Å²) in [6, 6.07) is 13.2. The lowest BCUT2D eigenvalue weighted by Crippen LogP contribution is -2.38. The van der Waals surface area contributed by atoms with Gasteiger partial charge in [-0.15, -0.1) is 0 Å². The first-order chi connectivity index (χ1) is 14.2. The summed E-state index contributed by atoms with van der Waals surface area (Å²) in [6.45, 7) is 5.63. The topological polar surface area (TPSA) is 48.9 Å². The van der Waals surface area contributed by atoms with Crippen molar-refractivity contribution in [2.75, 3.05) is 39.9 Å². The average Bonchev–Trinajstić information content (AvgIpc) is 2.74. The van der Waals surface area contributed by atoms with Gasteiger partial charge in [0, 0.05) is 50.4 Å². The molecule has 2 N–H and O–H groups in total. The normalized spacial score (nSPS) is 15.3. The summed E-state index contributed by atoms with van der Waals surface area (Å²) in [6.07, 6.45) is 0.486. The number of hydrogen-bond donors (Lipinski definition) is 2. The molecule has 1 fully saturated rings. The summed E-state index contributed by atoms with van der Waals surface area (Å²) in [5.41, 5.74) is 3.06. The van der Waals surface area contributed by atoms with Crippen LogP contribution < -0.4 is 10.6 Å². The van der Waals surface area contributed by atoms with Gasteiger partial charge in [0.2, 0.25) is 0 Å². The quantitative estimate of drug-likeness (QED) is 0.535. The fourth-order valence-corrected chi connectivity index (χ4v) is 3.62. The van der Waals surface area contributed by atoms with Gasteiger partial charge in [-0.3, -0.25) is 9.89 Å². The molecule has 0 aliphatic carbocycles. The second-order valence-electron chi connectivity index (χ2n) is 6.96. The molecular formula is C22H28ClFN4O. The van der Waals surface area contributed by atoms with Crippen molar-refractivity contribution in [1.29, 1.82) is 0 Å². The molecule has 0 spiro atoms. The zero-order chi connectivity index (χ0) is 20.5. The molecule has 3 rings (SSSR count). The third-order valence-electron chi connectivity index (χ3n) is 5.02. The van der Waals surface area contributed by atoms with Gasteiger partial charge >= 0.3 is 0 Å². The summed E-state index contributed by atoms with van der Waals surface area (Å²) in [5.74, 6) is 0.401. The lowest BCUT2D eigenvalue weighted by atomic mass is 10.1. The van der Waals surface area contributed by atoms with Crippen LogP contribution >= 0.6 is 11.6 Å². The van der Waals surface area contributed by atoms with Gasteiger partial charge in [-0.25, -0.2) is 4.39 Å². The van der Waals surface area contributed by atoms with Gasteiger partial charge in [0.25, 0.3) is 0 Å². The Kier molecular flexibility index (Phi) is 8.28. The number of ether oxygens (including phenoxy) is 1. The minimum Gasteiger partial charge on any atom is -0.379 e. The molecule has 0 bridgehead atoms. The highest BCUT2D eigenvalue weighted by Gasteiger charge is 2.13. The largest absolute Gasteiger partial charge is 0.379 e. The van der Waals surface area contributed by atoms with Gasteiger partial charge in [-0.2, -0.15) is 0 Å². The van der Waals surface area contributed by atoms with E-state index in [1.807, 2.05) is 0 Å². The minimum absolute atomic E-state index is 0.278. The van der Waals surface area contributed by atoms with E-state index in [4.69, 9.17) is 16.3 Å². The standard InChI is InChI=1S/C22H28ClFN4O/c1-25-22(26-10-9-19-20(23)7-4-8-21(19)24)27-15-17-5-2-3-6-18(17)16-28-11-13-29-14-12-28/h2-8H,9-16H2,1H3,(H2,25,26,27). The molecule has 1 heterocycles. The lowest BCUT2D eigenvalue weighted by molar-refractivity contribution is 0.0341. The van der Waals surface area contributed by atoms with Crippen LogP contribution in [0, 0.1) is 5.82 Å². The van der Waals surface area contributed by atoms with Crippen LogP contribution in [0.2, 0.25) is 5.02 Å². The Balaban J connectivity index is 1.51. The number of aliphatic imine (C=N–C) groups is 1. The molecule has 1 aliphatic rings. The average molecular weight is 419 g/mol. The van der Waals surface area contributed by atoms with Crippen LogP contribution in [-0.4, -0.2) is 50.8 Å². The number of hydrogen-bond acceptors (Lipinski definition) is 3. The van der Waals surface area contributed by atoms with Crippen molar-refractivity contribution in [3.63, 3.8) is 0 Å². The zero-order valence-electron chi connectivity index (χ0n) is 16.8. The fraction of sp³-hybridized carbons (Fsp3) is 0.409.